The van der Waals surface area contributed by atoms with Crippen molar-refractivity contribution < 1.29 is 4.79 Å². The Kier molecular flexibility index (Phi) is 4.41. The average molecular weight is 289 g/mol. The lowest BCUT2D eigenvalue weighted by molar-refractivity contribution is 0.101. The molecular weight excluding hydrogens is 276 g/mol. The molecule has 0 radical (unpaired) electrons. The number of nitrogens with one attached hydrogen (secondary N) is 1. The topological polar surface area (TPSA) is 72.9 Å². The molecule has 0 aliphatic heterocycles. The standard InChI is InChI=1S/C14H13ClN4O/c1-19-9-17-8-13(19)14(20)18-12-7-10(3-2-6-16)4-5-11(12)15/h4-5,7-9H,6,16H2,1H3,(H,18,20). The minimum atomic E-state index is -0.282. The fourth-order valence-corrected chi connectivity index (χ4v) is 1.78. The Morgan fingerprint density at radius 1 is 1.55 bits per heavy atom. The van der Waals surface area contributed by atoms with Crippen molar-refractivity contribution in [1.29, 1.82) is 0 Å². The van der Waals surface area contributed by atoms with E-state index < -0.39 is 0 Å². The van der Waals surface area contributed by atoms with Crippen LogP contribution in [0.4, 0.5) is 5.69 Å². The van der Waals surface area contributed by atoms with Crippen LogP contribution in [0.15, 0.2) is 30.7 Å². The Morgan fingerprint density at radius 2 is 2.35 bits per heavy atom. The van der Waals surface area contributed by atoms with Crippen molar-refractivity contribution in [3.05, 3.63) is 47.0 Å². The maximum Gasteiger partial charge on any atom is 0.273 e. The summed E-state index contributed by atoms with van der Waals surface area (Å²) >= 11 is 6.07. The van der Waals surface area contributed by atoms with E-state index >= 15 is 0 Å². The Morgan fingerprint density at radius 3 is 3.00 bits per heavy atom. The predicted octanol–water partition coefficient (Wildman–Crippen LogP) is 1.64. The zero-order chi connectivity index (χ0) is 14.5. The third-order valence-electron chi connectivity index (χ3n) is 2.60. The number of carbonyl (C=O) groups is 1. The summed E-state index contributed by atoms with van der Waals surface area (Å²) in [5, 5.41) is 3.18. The summed E-state index contributed by atoms with van der Waals surface area (Å²) < 4.78 is 1.63. The summed E-state index contributed by atoms with van der Waals surface area (Å²) in [5.41, 5.74) is 7.01. The monoisotopic (exact) mass is 288 g/mol. The van der Waals surface area contributed by atoms with Crippen LogP contribution in [-0.2, 0) is 7.05 Å². The zero-order valence-corrected chi connectivity index (χ0v) is 11.6. The van der Waals surface area contributed by atoms with Crippen molar-refractivity contribution in [2.24, 2.45) is 12.8 Å². The van der Waals surface area contributed by atoms with Gasteiger partial charge in [0.2, 0.25) is 0 Å². The number of aromatic nitrogens is 2. The van der Waals surface area contributed by atoms with Gasteiger partial charge < -0.3 is 15.6 Å². The number of benzene rings is 1. The lowest BCUT2D eigenvalue weighted by Crippen LogP contribution is -2.15. The highest BCUT2D eigenvalue weighted by molar-refractivity contribution is 6.34. The second kappa shape index (κ2) is 6.24. The van der Waals surface area contributed by atoms with Crippen LogP contribution in [0.5, 0.6) is 0 Å². The molecule has 20 heavy (non-hydrogen) atoms. The number of anilines is 1. The SMILES string of the molecule is Cn1cncc1C(=O)Nc1cc(C#CCN)ccc1Cl. The van der Waals surface area contributed by atoms with E-state index in [9.17, 15) is 4.79 Å². The van der Waals surface area contributed by atoms with Crippen LogP contribution in [0.3, 0.4) is 0 Å². The van der Waals surface area contributed by atoms with E-state index in [1.54, 1.807) is 36.1 Å². The van der Waals surface area contributed by atoms with Gasteiger partial charge >= 0.3 is 0 Å². The highest BCUT2D eigenvalue weighted by Crippen LogP contribution is 2.23. The van der Waals surface area contributed by atoms with Crippen LogP contribution < -0.4 is 11.1 Å². The minimum Gasteiger partial charge on any atom is -0.330 e. The normalized spacial score (nSPS) is 9.75. The number of nitrogens with two attached hydrogens (primary N) is 1. The maximum absolute atomic E-state index is 12.1. The molecule has 2 aromatic rings. The van der Waals surface area contributed by atoms with Gasteiger partial charge in [0, 0.05) is 12.6 Å². The van der Waals surface area contributed by atoms with Crippen LogP contribution in [0.25, 0.3) is 0 Å². The molecule has 0 aliphatic carbocycles. The highest BCUT2D eigenvalue weighted by Gasteiger charge is 2.11. The lowest BCUT2D eigenvalue weighted by Gasteiger charge is -2.08. The summed E-state index contributed by atoms with van der Waals surface area (Å²) in [6, 6.07) is 5.16. The van der Waals surface area contributed by atoms with E-state index in [1.165, 1.54) is 6.20 Å². The number of hydrogen-bond donors (Lipinski definition) is 2. The van der Waals surface area contributed by atoms with E-state index in [1.807, 2.05) is 0 Å². The van der Waals surface area contributed by atoms with Crippen molar-refractivity contribution in [2.45, 2.75) is 0 Å². The van der Waals surface area contributed by atoms with Crippen LogP contribution >= 0.6 is 11.6 Å². The number of carbonyl (C=O) groups excluding carboxylic acids is 1. The van der Waals surface area contributed by atoms with Crippen molar-refractivity contribution in [3.8, 4) is 11.8 Å². The smallest absolute Gasteiger partial charge is 0.273 e. The molecular formula is C14H13ClN4O. The third-order valence-corrected chi connectivity index (χ3v) is 2.93. The highest BCUT2D eigenvalue weighted by atomic mass is 35.5. The predicted molar refractivity (Wildman–Crippen MR) is 78.5 cm³/mol. The first-order chi connectivity index (χ1) is 9.61. The lowest BCUT2D eigenvalue weighted by atomic mass is 10.2. The van der Waals surface area contributed by atoms with E-state index in [4.69, 9.17) is 17.3 Å². The molecule has 6 heteroatoms. The molecule has 1 aromatic carbocycles. The van der Waals surface area contributed by atoms with E-state index in [2.05, 4.69) is 22.1 Å². The Labute approximate surface area is 121 Å². The number of aryl methyl sites for hydroxylation is 1. The fraction of sp³-hybridized carbons (Fsp3) is 0.143. The van der Waals surface area contributed by atoms with E-state index in [0.29, 0.717) is 16.4 Å². The molecule has 1 heterocycles. The number of halogens is 1. The second-order valence-corrected chi connectivity index (χ2v) is 4.45. The Bertz CT molecular complexity index is 697. The fourth-order valence-electron chi connectivity index (χ4n) is 1.61. The average Bonchev–Trinajstić information content (AvgIpc) is 2.86. The van der Waals surface area contributed by atoms with Gasteiger partial charge in [0.1, 0.15) is 5.69 Å². The molecule has 0 atom stereocenters. The van der Waals surface area contributed by atoms with Crippen LogP contribution in [-0.4, -0.2) is 22.0 Å². The van der Waals surface area contributed by atoms with Gasteiger partial charge in [0.05, 0.1) is 29.8 Å². The number of hydrogen-bond acceptors (Lipinski definition) is 3. The van der Waals surface area contributed by atoms with Gasteiger partial charge in [-0.1, -0.05) is 23.4 Å². The van der Waals surface area contributed by atoms with Crippen molar-refractivity contribution in [1.82, 2.24) is 9.55 Å². The van der Waals surface area contributed by atoms with Crippen LogP contribution in [0, 0.1) is 11.8 Å². The van der Waals surface area contributed by atoms with Crippen molar-refractivity contribution >= 4 is 23.2 Å². The molecule has 0 bridgehead atoms. The molecule has 0 spiro atoms. The Hall–Kier alpha value is -2.29. The van der Waals surface area contributed by atoms with Gasteiger partial charge in [-0.25, -0.2) is 4.98 Å². The summed E-state index contributed by atoms with van der Waals surface area (Å²) in [4.78, 5) is 16.0. The van der Waals surface area contributed by atoms with Crippen LogP contribution in [0.1, 0.15) is 16.1 Å². The molecule has 0 fully saturated rings. The Balaban J connectivity index is 2.25. The van der Waals surface area contributed by atoms with Gasteiger partial charge in [-0.2, -0.15) is 0 Å². The first-order valence-electron chi connectivity index (χ1n) is 5.88. The molecule has 0 saturated carbocycles. The number of nitrogens with zero attached hydrogens (tertiary/aromatic N) is 2. The van der Waals surface area contributed by atoms with E-state index in [0.717, 1.165) is 5.56 Å². The largest absolute Gasteiger partial charge is 0.330 e. The van der Waals surface area contributed by atoms with Gasteiger partial charge in [0.15, 0.2) is 0 Å². The van der Waals surface area contributed by atoms with Crippen molar-refractivity contribution in [3.63, 3.8) is 0 Å². The van der Waals surface area contributed by atoms with Crippen LogP contribution in [0.2, 0.25) is 5.02 Å². The van der Waals surface area contributed by atoms with Gasteiger partial charge in [0.25, 0.3) is 5.91 Å². The summed E-state index contributed by atoms with van der Waals surface area (Å²) in [6.45, 7) is 0.277. The second-order valence-electron chi connectivity index (χ2n) is 4.04. The molecule has 102 valence electrons. The van der Waals surface area contributed by atoms with Gasteiger partial charge in [-0.15, -0.1) is 0 Å². The van der Waals surface area contributed by atoms with Gasteiger partial charge in [-0.05, 0) is 18.2 Å². The summed E-state index contributed by atoms with van der Waals surface area (Å²) in [7, 11) is 1.74. The number of rotatable bonds is 2. The molecule has 0 aliphatic rings. The molecule has 2 rings (SSSR count). The number of imidazole rings is 1. The first-order valence-corrected chi connectivity index (χ1v) is 6.25. The summed E-state index contributed by atoms with van der Waals surface area (Å²) in [6.07, 6.45) is 3.04. The summed E-state index contributed by atoms with van der Waals surface area (Å²) in [5.74, 6) is 5.36. The third kappa shape index (κ3) is 3.18. The molecule has 5 nitrogen and oxygen atoms in total. The zero-order valence-electron chi connectivity index (χ0n) is 10.9. The molecule has 1 amide bonds. The number of amides is 1. The quantitative estimate of drug-likeness (QED) is 0.825. The molecule has 3 N–H and O–H groups in total. The van der Waals surface area contributed by atoms with Crippen molar-refractivity contribution in [2.75, 3.05) is 11.9 Å². The maximum atomic E-state index is 12.1. The van der Waals surface area contributed by atoms with E-state index in [-0.39, 0.29) is 12.5 Å². The first kappa shape index (κ1) is 14.1. The molecule has 1 aromatic heterocycles. The minimum absolute atomic E-state index is 0.277. The molecule has 0 unspecified atom stereocenters. The molecule has 0 saturated heterocycles. The van der Waals surface area contributed by atoms with Gasteiger partial charge in [-0.3, -0.25) is 4.79 Å².